The first-order chi connectivity index (χ1) is 14.3. The van der Waals surface area contributed by atoms with Crippen molar-refractivity contribution < 1.29 is 19.1 Å². The summed E-state index contributed by atoms with van der Waals surface area (Å²) in [6.07, 6.45) is 3.05. The van der Waals surface area contributed by atoms with E-state index in [-0.39, 0.29) is 0 Å². The van der Waals surface area contributed by atoms with E-state index in [4.69, 9.17) is 9.47 Å². The number of anilines is 2. The minimum Gasteiger partial charge on any atom is -0.443 e. The van der Waals surface area contributed by atoms with Crippen LogP contribution in [0.2, 0.25) is 0 Å². The number of nitrogens with one attached hydrogen (secondary N) is 1. The molecule has 2 aromatic rings. The summed E-state index contributed by atoms with van der Waals surface area (Å²) in [5.41, 5.74) is 2.08. The molecule has 0 radical (unpaired) electrons. The zero-order valence-electron chi connectivity index (χ0n) is 19.0. The third-order valence-corrected chi connectivity index (χ3v) is 4.15. The van der Waals surface area contributed by atoms with E-state index in [2.05, 4.69) is 30.8 Å². The summed E-state index contributed by atoms with van der Waals surface area (Å²) in [6.45, 7) is 10.7. The van der Waals surface area contributed by atoms with Gasteiger partial charge in [0.25, 0.3) is 6.47 Å². The Morgan fingerprint density at radius 3 is 2.43 bits per heavy atom. The fourth-order valence-corrected chi connectivity index (χ4v) is 3.20. The van der Waals surface area contributed by atoms with Crippen LogP contribution in [0.4, 0.5) is 16.2 Å². The summed E-state index contributed by atoms with van der Waals surface area (Å²) >= 11 is 4.64. The zero-order valence-corrected chi connectivity index (χ0v) is 19.7. The van der Waals surface area contributed by atoms with Crippen LogP contribution in [0.5, 0.6) is 5.75 Å². The molecule has 0 aromatic heterocycles. The van der Waals surface area contributed by atoms with Gasteiger partial charge in [-0.05, 0) is 44.2 Å². The fourth-order valence-electron chi connectivity index (χ4n) is 3.20. The van der Waals surface area contributed by atoms with Gasteiger partial charge < -0.3 is 14.8 Å². The Labute approximate surface area is 184 Å². The average Bonchev–Trinajstić information content (AvgIpc) is 3.13. The summed E-state index contributed by atoms with van der Waals surface area (Å²) < 4.78 is 10.7. The van der Waals surface area contributed by atoms with Crippen molar-refractivity contribution in [3.8, 4) is 5.75 Å². The highest BCUT2D eigenvalue weighted by Gasteiger charge is 2.31. The zero-order chi connectivity index (χ0) is 22.9. The van der Waals surface area contributed by atoms with E-state index in [0.717, 1.165) is 34.1 Å². The highest BCUT2D eigenvalue weighted by Crippen LogP contribution is 2.43. The molecule has 1 amide bonds. The molecule has 7 heteroatoms. The molecule has 1 aliphatic heterocycles. The Kier molecular flexibility index (Phi) is 9.93. The summed E-state index contributed by atoms with van der Waals surface area (Å²) in [5.74, 6) is 0.421. The SMILES string of the molecule is CCC.CCl.CNc1cccc2c3c(cc(OC=O)c12)N(C(=O)OC(C)(C)C)CC3. The van der Waals surface area contributed by atoms with Gasteiger partial charge >= 0.3 is 6.09 Å². The Bertz CT molecular complexity index is 862. The highest BCUT2D eigenvalue weighted by molar-refractivity contribution is 6.15. The van der Waals surface area contributed by atoms with Crippen molar-refractivity contribution in [3.05, 3.63) is 29.8 Å². The smallest absolute Gasteiger partial charge is 0.414 e. The van der Waals surface area contributed by atoms with Gasteiger partial charge in [0.15, 0.2) is 0 Å². The quantitative estimate of drug-likeness (QED) is 0.473. The second kappa shape index (κ2) is 11.6. The van der Waals surface area contributed by atoms with E-state index < -0.39 is 11.7 Å². The van der Waals surface area contributed by atoms with Crippen molar-refractivity contribution in [1.29, 1.82) is 0 Å². The van der Waals surface area contributed by atoms with E-state index >= 15 is 0 Å². The number of amides is 1. The number of carbonyl (C=O) groups excluding carboxylic acids is 2. The molecule has 2 aromatic carbocycles. The molecule has 6 nitrogen and oxygen atoms in total. The first kappa shape index (κ1) is 25.6. The lowest BCUT2D eigenvalue weighted by atomic mass is 10.00. The largest absolute Gasteiger partial charge is 0.443 e. The van der Waals surface area contributed by atoms with Gasteiger partial charge in [-0.1, -0.05) is 32.4 Å². The molecule has 166 valence electrons. The predicted molar refractivity (Wildman–Crippen MR) is 125 cm³/mol. The van der Waals surface area contributed by atoms with Crippen molar-refractivity contribution in [3.63, 3.8) is 0 Å². The summed E-state index contributed by atoms with van der Waals surface area (Å²) in [7, 11) is 1.82. The number of alkyl halides is 1. The van der Waals surface area contributed by atoms with Crippen molar-refractivity contribution >= 4 is 46.3 Å². The van der Waals surface area contributed by atoms with Gasteiger partial charge in [-0.2, -0.15) is 0 Å². The van der Waals surface area contributed by atoms with E-state index in [1.54, 1.807) is 11.0 Å². The Hall–Kier alpha value is -2.47. The van der Waals surface area contributed by atoms with Crippen LogP contribution in [0.3, 0.4) is 0 Å². The van der Waals surface area contributed by atoms with Crippen LogP contribution in [0.15, 0.2) is 24.3 Å². The number of nitrogens with zero attached hydrogens (tertiary/aromatic N) is 1. The maximum atomic E-state index is 12.5. The molecule has 0 atom stereocenters. The van der Waals surface area contributed by atoms with Gasteiger partial charge in [0, 0.05) is 37.1 Å². The van der Waals surface area contributed by atoms with Gasteiger partial charge in [-0.15, -0.1) is 11.6 Å². The van der Waals surface area contributed by atoms with E-state index in [9.17, 15) is 9.59 Å². The molecular formula is C23H33ClN2O4. The number of halogens is 1. The first-order valence-corrected chi connectivity index (χ1v) is 10.8. The molecule has 0 unspecified atom stereocenters. The molecule has 0 fully saturated rings. The lowest BCUT2D eigenvalue weighted by Crippen LogP contribution is -2.35. The van der Waals surface area contributed by atoms with Crippen LogP contribution in [0.25, 0.3) is 10.8 Å². The van der Waals surface area contributed by atoms with Crippen molar-refractivity contribution in [2.75, 3.05) is 30.2 Å². The van der Waals surface area contributed by atoms with Gasteiger partial charge in [-0.3, -0.25) is 9.69 Å². The molecule has 1 heterocycles. The monoisotopic (exact) mass is 436 g/mol. The molecule has 1 N–H and O–H groups in total. The molecular weight excluding hydrogens is 404 g/mol. The predicted octanol–water partition coefficient (Wildman–Crippen LogP) is 5.99. The molecule has 0 spiro atoms. The molecule has 0 bridgehead atoms. The van der Waals surface area contributed by atoms with Crippen LogP contribution in [-0.4, -0.2) is 38.1 Å². The second-order valence-electron chi connectivity index (χ2n) is 7.65. The molecule has 3 rings (SSSR count). The molecule has 1 aliphatic rings. The maximum Gasteiger partial charge on any atom is 0.414 e. The van der Waals surface area contributed by atoms with Gasteiger partial charge in [0.05, 0.1) is 5.69 Å². The summed E-state index contributed by atoms with van der Waals surface area (Å²) in [6, 6.07) is 7.58. The number of ether oxygens (including phenoxy) is 2. The number of rotatable bonds is 3. The minimum atomic E-state index is -0.571. The molecule has 30 heavy (non-hydrogen) atoms. The number of hydrogen-bond acceptors (Lipinski definition) is 5. The lowest BCUT2D eigenvalue weighted by Gasteiger charge is -2.25. The molecule has 0 aliphatic carbocycles. The topological polar surface area (TPSA) is 67.9 Å². The Morgan fingerprint density at radius 2 is 1.90 bits per heavy atom. The minimum absolute atomic E-state index is 0.396. The highest BCUT2D eigenvalue weighted by atomic mass is 35.5. The molecule has 0 saturated carbocycles. The van der Waals surface area contributed by atoms with Crippen LogP contribution in [0.1, 0.15) is 46.6 Å². The third kappa shape index (κ3) is 6.02. The van der Waals surface area contributed by atoms with Crippen molar-refractivity contribution in [2.24, 2.45) is 0 Å². The molecule has 0 saturated heterocycles. The Morgan fingerprint density at radius 1 is 1.27 bits per heavy atom. The number of benzene rings is 2. The van der Waals surface area contributed by atoms with Crippen LogP contribution in [0, 0.1) is 0 Å². The van der Waals surface area contributed by atoms with Gasteiger partial charge in [0.1, 0.15) is 11.4 Å². The normalized spacial score (nSPS) is 12.1. The van der Waals surface area contributed by atoms with Crippen molar-refractivity contribution in [1.82, 2.24) is 0 Å². The third-order valence-electron chi connectivity index (χ3n) is 4.15. The first-order valence-electron chi connectivity index (χ1n) is 10.0. The standard InChI is InChI=1S/C19H22N2O4.C3H8.CH3Cl/c1-19(2,3)25-18(23)21-9-8-12-13-6-5-7-14(20-4)17(13)16(24-11-22)10-15(12)21;1-3-2;1-2/h5-7,10-11,20H,8-9H2,1-4H3;3H2,1-2H3;1H3. The van der Waals surface area contributed by atoms with Crippen LogP contribution in [-0.2, 0) is 16.0 Å². The van der Waals surface area contributed by atoms with Gasteiger partial charge in [-0.25, -0.2) is 4.79 Å². The van der Waals surface area contributed by atoms with E-state index in [0.29, 0.717) is 18.8 Å². The maximum absolute atomic E-state index is 12.5. The van der Waals surface area contributed by atoms with E-state index in [1.165, 1.54) is 12.8 Å². The van der Waals surface area contributed by atoms with Crippen LogP contribution < -0.4 is 15.0 Å². The Balaban J connectivity index is 0.000000826. The van der Waals surface area contributed by atoms with Crippen LogP contribution >= 0.6 is 11.6 Å². The summed E-state index contributed by atoms with van der Waals surface area (Å²) in [5, 5.41) is 4.92. The second-order valence-corrected chi connectivity index (χ2v) is 7.65. The fraction of sp³-hybridized carbons (Fsp3) is 0.478. The number of hydrogen-bond donors (Lipinski definition) is 1. The summed E-state index contributed by atoms with van der Waals surface area (Å²) in [4.78, 5) is 25.1. The average molecular weight is 437 g/mol. The lowest BCUT2D eigenvalue weighted by molar-refractivity contribution is -0.120. The van der Waals surface area contributed by atoms with Crippen molar-refractivity contribution in [2.45, 2.75) is 53.1 Å². The van der Waals surface area contributed by atoms with Gasteiger partial charge in [0.2, 0.25) is 0 Å². The number of carbonyl (C=O) groups is 2. The number of fused-ring (bicyclic) bond motifs is 3. The van der Waals surface area contributed by atoms with E-state index in [1.807, 2.05) is 46.0 Å².